The summed E-state index contributed by atoms with van der Waals surface area (Å²) in [5.74, 6) is -0.269. The van der Waals surface area contributed by atoms with Crippen molar-refractivity contribution in [1.29, 1.82) is 5.26 Å². The van der Waals surface area contributed by atoms with Crippen LogP contribution in [0.5, 0.6) is 0 Å². The number of ether oxygens (including phenoxy) is 1. The van der Waals surface area contributed by atoms with Gasteiger partial charge in [-0.3, -0.25) is 4.79 Å². The van der Waals surface area contributed by atoms with E-state index in [-0.39, 0.29) is 31.4 Å². The van der Waals surface area contributed by atoms with E-state index in [0.717, 1.165) is 0 Å². The molecule has 3 N–H and O–H groups in total. The molecule has 78 valence electrons. The predicted molar refractivity (Wildman–Crippen MR) is 48.0 cm³/mol. The van der Waals surface area contributed by atoms with Gasteiger partial charge in [0, 0.05) is 6.04 Å². The molecule has 0 unspecified atom stereocenters. The van der Waals surface area contributed by atoms with Crippen LogP contribution in [-0.4, -0.2) is 24.6 Å². The Hall–Kier alpha value is -1.77. The molecule has 6 heteroatoms. The van der Waals surface area contributed by atoms with Crippen molar-refractivity contribution in [3.8, 4) is 6.07 Å². The molecule has 0 aromatic carbocycles. The number of carbonyl (C=O) groups is 2. The lowest BCUT2D eigenvalue weighted by Gasteiger charge is -2.09. The first-order valence-electron chi connectivity index (χ1n) is 4.14. The minimum atomic E-state index is -0.900. The van der Waals surface area contributed by atoms with Crippen LogP contribution in [0.15, 0.2) is 0 Å². The first-order chi connectivity index (χ1) is 6.56. The molecule has 6 nitrogen and oxygen atoms in total. The van der Waals surface area contributed by atoms with Crippen LogP contribution < -0.4 is 11.1 Å². The molecule has 0 saturated carbocycles. The van der Waals surface area contributed by atoms with Gasteiger partial charge in [-0.25, -0.2) is 4.79 Å². The Kier molecular flexibility index (Phi) is 5.87. The van der Waals surface area contributed by atoms with E-state index in [1.54, 1.807) is 6.92 Å². The second-order valence-corrected chi connectivity index (χ2v) is 2.75. The van der Waals surface area contributed by atoms with Crippen molar-refractivity contribution < 1.29 is 14.3 Å². The SMILES string of the molecule is C[C@@H](CC#N)NC(=O)CCOC(N)=O. The Balaban J connectivity index is 3.56. The largest absolute Gasteiger partial charge is 0.449 e. The van der Waals surface area contributed by atoms with Crippen LogP contribution in [0, 0.1) is 11.3 Å². The Morgan fingerprint density at radius 1 is 1.64 bits per heavy atom. The number of hydrogen-bond acceptors (Lipinski definition) is 4. The van der Waals surface area contributed by atoms with E-state index >= 15 is 0 Å². The standard InChI is InChI=1S/C8H13N3O3/c1-6(2-4-9)11-7(12)3-5-14-8(10)13/h6H,2-3,5H2,1H3,(H2,10,13)(H,11,12)/t6-/m0/s1. The molecule has 0 heterocycles. The first-order valence-corrected chi connectivity index (χ1v) is 4.14. The number of nitrogens with one attached hydrogen (secondary N) is 1. The number of nitriles is 1. The third-order valence-corrected chi connectivity index (χ3v) is 1.38. The van der Waals surface area contributed by atoms with Crippen molar-refractivity contribution in [2.45, 2.75) is 25.8 Å². The van der Waals surface area contributed by atoms with Gasteiger partial charge in [0.25, 0.3) is 0 Å². The summed E-state index contributed by atoms with van der Waals surface area (Å²) in [6.45, 7) is 1.68. The molecule has 0 aliphatic heterocycles. The van der Waals surface area contributed by atoms with Gasteiger partial charge in [-0.1, -0.05) is 0 Å². The lowest BCUT2D eigenvalue weighted by molar-refractivity contribution is -0.122. The number of rotatable bonds is 5. The van der Waals surface area contributed by atoms with Gasteiger partial charge in [-0.05, 0) is 6.92 Å². The third-order valence-electron chi connectivity index (χ3n) is 1.38. The molecule has 2 amide bonds. The van der Waals surface area contributed by atoms with Crippen LogP contribution >= 0.6 is 0 Å². The van der Waals surface area contributed by atoms with Gasteiger partial charge in [-0.15, -0.1) is 0 Å². The van der Waals surface area contributed by atoms with Crippen molar-refractivity contribution in [3.05, 3.63) is 0 Å². The predicted octanol–water partition coefficient (Wildman–Crippen LogP) is -0.110. The van der Waals surface area contributed by atoms with E-state index in [9.17, 15) is 9.59 Å². The van der Waals surface area contributed by atoms with Crippen LogP contribution in [-0.2, 0) is 9.53 Å². The van der Waals surface area contributed by atoms with Crippen molar-refractivity contribution in [2.24, 2.45) is 5.73 Å². The number of nitrogens with zero attached hydrogens (tertiary/aromatic N) is 1. The van der Waals surface area contributed by atoms with Crippen molar-refractivity contribution in [2.75, 3.05) is 6.61 Å². The summed E-state index contributed by atoms with van der Waals surface area (Å²) in [5, 5.41) is 10.9. The molecular weight excluding hydrogens is 186 g/mol. The van der Waals surface area contributed by atoms with Crippen molar-refractivity contribution >= 4 is 12.0 Å². The lowest BCUT2D eigenvalue weighted by Crippen LogP contribution is -2.33. The highest BCUT2D eigenvalue weighted by Gasteiger charge is 2.06. The molecule has 0 rings (SSSR count). The molecule has 0 saturated heterocycles. The van der Waals surface area contributed by atoms with E-state index < -0.39 is 6.09 Å². The number of carbonyl (C=O) groups excluding carboxylic acids is 2. The monoisotopic (exact) mass is 199 g/mol. The van der Waals surface area contributed by atoms with Gasteiger partial charge >= 0.3 is 6.09 Å². The molecule has 0 spiro atoms. The Morgan fingerprint density at radius 2 is 2.29 bits per heavy atom. The zero-order chi connectivity index (χ0) is 11.0. The quantitative estimate of drug-likeness (QED) is 0.644. The summed E-state index contributed by atoms with van der Waals surface area (Å²) >= 11 is 0. The maximum atomic E-state index is 11.1. The first kappa shape index (κ1) is 12.2. The molecule has 0 aliphatic carbocycles. The van der Waals surface area contributed by atoms with Gasteiger partial charge in [-0.2, -0.15) is 5.26 Å². The van der Waals surface area contributed by atoms with Crippen LogP contribution in [0.1, 0.15) is 19.8 Å². The number of nitrogens with two attached hydrogens (primary N) is 1. The summed E-state index contributed by atoms with van der Waals surface area (Å²) in [6, 6.07) is 1.73. The average Bonchev–Trinajstić information content (AvgIpc) is 2.03. The molecule has 0 fully saturated rings. The van der Waals surface area contributed by atoms with E-state index in [1.807, 2.05) is 6.07 Å². The fourth-order valence-electron chi connectivity index (χ4n) is 0.779. The van der Waals surface area contributed by atoms with Crippen molar-refractivity contribution in [3.63, 3.8) is 0 Å². The molecule has 0 aromatic heterocycles. The van der Waals surface area contributed by atoms with Crippen LogP contribution in [0.2, 0.25) is 0 Å². The minimum absolute atomic E-state index is 0.0412. The number of amides is 2. The summed E-state index contributed by atoms with van der Waals surface area (Å²) in [7, 11) is 0. The fourth-order valence-corrected chi connectivity index (χ4v) is 0.779. The summed E-state index contributed by atoms with van der Waals surface area (Å²) in [4.78, 5) is 21.2. The fraction of sp³-hybridized carbons (Fsp3) is 0.625. The van der Waals surface area contributed by atoms with E-state index in [4.69, 9.17) is 11.0 Å². The van der Waals surface area contributed by atoms with Gasteiger partial charge in [0.2, 0.25) is 5.91 Å². The Bertz CT molecular complexity index is 247. The molecule has 0 aromatic rings. The number of primary amides is 1. The topological polar surface area (TPSA) is 105 Å². The van der Waals surface area contributed by atoms with Crippen LogP contribution in [0.4, 0.5) is 4.79 Å². The van der Waals surface area contributed by atoms with E-state index in [2.05, 4.69) is 10.1 Å². The molecule has 1 atom stereocenters. The number of hydrogen-bond donors (Lipinski definition) is 2. The van der Waals surface area contributed by atoms with Crippen LogP contribution in [0.3, 0.4) is 0 Å². The maximum Gasteiger partial charge on any atom is 0.404 e. The van der Waals surface area contributed by atoms with Gasteiger partial charge in [0.15, 0.2) is 0 Å². The second-order valence-electron chi connectivity index (χ2n) is 2.75. The van der Waals surface area contributed by atoms with Gasteiger partial charge in [0.05, 0.1) is 18.9 Å². The molecule has 0 aliphatic rings. The summed E-state index contributed by atoms with van der Waals surface area (Å²) < 4.78 is 4.37. The normalized spacial score (nSPS) is 11.1. The third kappa shape index (κ3) is 6.91. The summed E-state index contributed by atoms with van der Waals surface area (Å²) in [6.07, 6.45) is -0.593. The van der Waals surface area contributed by atoms with Gasteiger partial charge in [0.1, 0.15) is 6.61 Å². The van der Waals surface area contributed by atoms with E-state index in [0.29, 0.717) is 0 Å². The zero-order valence-electron chi connectivity index (χ0n) is 7.95. The average molecular weight is 199 g/mol. The molecule has 14 heavy (non-hydrogen) atoms. The van der Waals surface area contributed by atoms with Crippen LogP contribution in [0.25, 0.3) is 0 Å². The Labute approximate surface area is 82.0 Å². The zero-order valence-corrected chi connectivity index (χ0v) is 7.95. The maximum absolute atomic E-state index is 11.1. The smallest absolute Gasteiger partial charge is 0.404 e. The van der Waals surface area contributed by atoms with E-state index in [1.165, 1.54) is 0 Å². The highest BCUT2D eigenvalue weighted by molar-refractivity contribution is 5.76. The molecule has 0 radical (unpaired) electrons. The highest BCUT2D eigenvalue weighted by Crippen LogP contribution is 1.90. The van der Waals surface area contributed by atoms with Gasteiger partial charge < -0.3 is 15.8 Å². The Morgan fingerprint density at radius 3 is 2.79 bits per heavy atom. The lowest BCUT2D eigenvalue weighted by atomic mass is 10.2. The molecular formula is C8H13N3O3. The highest BCUT2D eigenvalue weighted by atomic mass is 16.5. The molecule has 0 bridgehead atoms. The summed E-state index contributed by atoms with van der Waals surface area (Å²) in [5.41, 5.74) is 4.69. The second kappa shape index (κ2) is 6.71. The van der Waals surface area contributed by atoms with Crippen molar-refractivity contribution in [1.82, 2.24) is 5.32 Å². The minimum Gasteiger partial charge on any atom is -0.449 e.